The lowest BCUT2D eigenvalue weighted by atomic mass is 9.87. The largest absolute Gasteiger partial charge is 0.494 e. The van der Waals surface area contributed by atoms with Crippen molar-refractivity contribution in [2.45, 2.75) is 57.0 Å². The molecule has 0 aliphatic heterocycles. The van der Waals surface area contributed by atoms with Crippen molar-refractivity contribution < 1.29 is 17.9 Å². The summed E-state index contributed by atoms with van der Waals surface area (Å²) < 4.78 is 35.8. The fourth-order valence-electron chi connectivity index (χ4n) is 4.77. The molecule has 11 nitrogen and oxygen atoms in total. The maximum atomic E-state index is 13.0. The van der Waals surface area contributed by atoms with Gasteiger partial charge in [0.2, 0.25) is 5.91 Å². The number of carbonyl (C=O) groups excluding carboxylic acids is 1. The van der Waals surface area contributed by atoms with E-state index in [1.807, 2.05) is 47.9 Å². The van der Waals surface area contributed by atoms with E-state index in [1.54, 1.807) is 19.9 Å². The van der Waals surface area contributed by atoms with Crippen LogP contribution in [0.5, 0.6) is 5.75 Å². The van der Waals surface area contributed by atoms with Crippen molar-refractivity contribution in [2.75, 3.05) is 22.4 Å². The summed E-state index contributed by atoms with van der Waals surface area (Å²) in [4.78, 5) is 21.3. The van der Waals surface area contributed by atoms with Crippen LogP contribution in [0.3, 0.4) is 0 Å². The van der Waals surface area contributed by atoms with Gasteiger partial charge in [-0.05, 0) is 80.3 Å². The third kappa shape index (κ3) is 8.35. The minimum Gasteiger partial charge on any atom is -0.494 e. The normalized spacial score (nSPS) is 11.7. The number of amides is 1. The molecule has 2 N–H and O–H groups in total. The van der Waals surface area contributed by atoms with Gasteiger partial charge >= 0.3 is 0 Å². The predicted octanol–water partition coefficient (Wildman–Crippen LogP) is 6.57. The highest BCUT2D eigenvalue weighted by Crippen LogP contribution is 2.31. The zero-order chi connectivity index (χ0) is 33.8. The Morgan fingerprint density at radius 1 is 0.915 bits per heavy atom. The average molecular weight is 672 g/mol. The maximum Gasteiger partial charge on any atom is 0.263 e. The molecule has 0 radical (unpaired) electrons. The first-order valence-electron chi connectivity index (χ1n) is 15.0. The summed E-state index contributed by atoms with van der Waals surface area (Å²) >= 11 is 1.25. The number of carbonyl (C=O) groups is 1. The quantitative estimate of drug-likeness (QED) is 0.149. The standard InChI is InChI=1S/C34H37N7O4S2/c1-7-45-28-16-14-27(15-17-28)41-32(24-8-10-25(11-9-24)34(4,5)6)38-39-33(41)46-21-31(42)37-26-12-18-29(19-13-26)47(43,44)40-30-20-22(2)35-23(3)36-30/h8-20H,7,21H2,1-6H3,(H,37,42)(H,35,36,40). The first-order valence-corrected chi connectivity index (χ1v) is 17.5. The second-order valence-corrected chi connectivity index (χ2v) is 14.4. The number of sulfonamides is 1. The first kappa shape index (κ1) is 33.6. The van der Waals surface area contributed by atoms with Gasteiger partial charge in [-0.15, -0.1) is 10.2 Å². The van der Waals surface area contributed by atoms with Crippen LogP contribution in [-0.2, 0) is 20.2 Å². The molecular formula is C34H37N7O4S2. The molecule has 0 atom stereocenters. The van der Waals surface area contributed by atoms with E-state index in [2.05, 4.69) is 63.1 Å². The Balaban J connectivity index is 1.31. The first-order chi connectivity index (χ1) is 22.3. The summed E-state index contributed by atoms with van der Waals surface area (Å²) in [6.45, 7) is 12.4. The van der Waals surface area contributed by atoms with Crippen LogP contribution in [0.1, 0.15) is 44.8 Å². The van der Waals surface area contributed by atoms with Gasteiger partial charge < -0.3 is 10.1 Å². The number of thioether (sulfide) groups is 1. The Bertz CT molecular complexity index is 1950. The minimum atomic E-state index is -3.89. The molecule has 2 heterocycles. The Kier molecular flexibility index (Phi) is 9.96. The predicted molar refractivity (Wildman–Crippen MR) is 185 cm³/mol. The van der Waals surface area contributed by atoms with Crippen LogP contribution >= 0.6 is 11.8 Å². The number of aromatic nitrogens is 5. The Labute approximate surface area is 279 Å². The lowest BCUT2D eigenvalue weighted by molar-refractivity contribution is -0.113. The van der Waals surface area contributed by atoms with Gasteiger partial charge in [0, 0.05) is 28.7 Å². The molecule has 0 saturated heterocycles. The summed E-state index contributed by atoms with van der Waals surface area (Å²) in [5.74, 6) is 1.81. The number of hydrogen-bond donors (Lipinski definition) is 2. The number of ether oxygens (including phenoxy) is 1. The van der Waals surface area contributed by atoms with E-state index in [0.717, 1.165) is 17.0 Å². The van der Waals surface area contributed by atoms with Crippen molar-refractivity contribution in [3.63, 3.8) is 0 Å². The monoisotopic (exact) mass is 671 g/mol. The summed E-state index contributed by atoms with van der Waals surface area (Å²) in [6.07, 6.45) is 0. The van der Waals surface area contributed by atoms with Crippen LogP contribution in [0.15, 0.2) is 88.9 Å². The van der Waals surface area contributed by atoms with Crippen molar-refractivity contribution in [3.05, 3.63) is 95.9 Å². The molecular weight excluding hydrogens is 635 g/mol. The molecule has 5 rings (SSSR count). The Morgan fingerprint density at radius 2 is 1.60 bits per heavy atom. The second-order valence-electron chi connectivity index (χ2n) is 11.8. The van der Waals surface area contributed by atoms with Crippen LogP contribution in [-0.4, -0.2) is 51.4 Å². The van der Waals surface area contributed by atoms with E-state index in [4.69, 9.17) is 4.74 Å². The number of rotatable bonds is 11. The van der Waals surface area contributed by atoms with Crippen LogP contribution in [0.4, 0.5) is 11.5 Å². The summed E-state index contributed by atoms with van der Waals surface area (Å²) in [6, 6.07) is 23.4. The molecule has 0 bridgehead atoms. The SMILES string of the molecule is CCOc1ccc(-n2c(SCC(=O)Nc3ccc(S(=O)(=O)Nc4cc(C)nc(C)n4)cc3)nnc2-c2ccc(C(C)(C)C)cc2)cc1. The van der Waals surface area contributed by atoms with Crippen molar-refractivity contribution in [1.29, 1.82) is 0 Å². The molecule has 47 heavy (non-hydrogen) atoms. The topological polar surface area (TPSA) is 141 Å². The van der Waals surface area contributed by atoms with Gasteiger partial charge in [0.1, 0.15) is 17.4 Å². The zero-order valence-electron chi connectivity index (χ0n) is 27.1. The van der Waals surface area contributed by atoms with Gasteiger partial charge in [-0.25, -0.2) is 18.4 Å². The highest BCUT2D eigenvalue weighted by Gasteiger charge is 2.20. The molecule has 0 saturated carbocycles. The number of aryl methyl sites for hydroxylation is 2. The van der Waals surface area contributed by atoms with E-state index >= 15 is 0 Å². The van der Waals surface area contributed by atoms with Gasteiger partial charge in [-0.1, -0.05) is 56.8 Å². The van der Waals surface area contributed by atoms with E-state index in [-0.39, 0.29) is 27.8 Å². The van der Waals surface area contributed by atoms with Crippen molar-refractivity contribution >= 4 is 39.2 Å². The molecule has 1 amide bonds. The molecule has 0 spiro atoms. The molecule has 0 aliphatic carbocycles. The minimum absolute atomic E-state index is 0.0110. The van der Waals surface area contributed by atoms with Crippen LogP contribution in [0.2, 0.25) is 0 Å². The number of benzene rings is 3. The molecule has 244 valence electrons. The van der Waals surface area contributed by atoms with Crippen LogP contribution in [0, 0.1) is 13.8 Å². The van der Waals surface area contributed by atoms with E-state index in [9.17, 15) is 13.2 Å². The second kappa shape index (κ2) is 13.9. The molecule has 0 aliphatic rings. The van der Waals surface area contributed by atoms with Gasteiger partial charge in [0.15, 0.2) is 11.0 Å². The third-order valence-corrected chi connectivity index (χ3v) is 9.33. The third-order valence-electron chi connectivity index (χ3n) is 7.03. The molecule has 0 fully saturated rings. The molecule has 13 heteroatoms. The van der Waals surface area contributed by atoms with E-state index < -0.39 is 10.0 Å². The Hall–Kier alpha value is -4.75. The van der Waals surface area contributed by atoms with Crippen molar-refractivity contribution in [2.24, 2.45) is 0 Å². The highest BCUT2D eigenvalue weighted by molar-refractivity contribution is 7.99. The van der Waals surface area contributed by atoms with Gasteiger partial charge in [-0.2, -0.15) is 0 Å². The van der Waals surface area contributed by atoms with E-state index in [0.29, 0.717) is 34.8 Å². The van der Waals surface area contributed by atoms with Crippen molar-refractivity contribution in [3.8, 4) is 22.8 Å². The lowest BCUT2D eigenvalue weighted by Gasteiger charge is -2.19. The summed E-state index contributed by atoms with van der Waals surface area (Å²) in [5.41, 5.74) is 4.04. The summed E-state index contributed by atoms with van der Waals surface area (Å²) in [5, 5.41) is 12.3. The Morgan fingerprint density at radius 3 is 2.21 bits per heavy atom. The molecule has 0 unspecified atom stereocenters. The van der Waals surface area contributed by atoms with Crippen LogP contribution < -0.4 is 14.8 Å². The van der Waals surface area contributed by atoms with Gasteiger partial charge in [0.05, 0.1) is 17.3 Å². The fraction of sp³-hybridized carbons (Fsp3) is 0.265. The number of anilines is 2. The fourth-order valence-corrected chi connectivity index (χ4v) is 6.52. The van der Waals surface area contributed by atoms with Crippen molar-refractivity contribution in [1.82, 2.24) is 24.7 Å². The molecule has 2 aromatic heterocycles. The number of hydrogen-bond acceptors (Lipinski definition) is 9. The smallest absolute Gasteiger partial charge is 0.263 e. The average Bonchev–Trinajstić information content (AvgIpc) is 3.44. The van der Waals surface area contributed by atoms with Crippen LogP contribution in [0.25, 0.3) is 17.1 Å². The van der Waals surface area contributed by atoms with Gasteiger partial charge in [-0.3, -0.25) is 14.1 Å². The number of nitrogens with zero attached hydrogens (tertiary/aromatic N) is 5. The molecule has 3 aromatic carbocycles. The van der Waals surface area contributed by atoms with E-state index in [1.165, 1.54) is 41.6 Å². The highest BCUT2D eigenvalue weighted by atomic mass is 32.2. The summed E-state index contributed by atoms with van der Waals surface area (Å²) in [7, 11) is -3.89. The maximum absolute atomic E-state index is 13.0. The lowest BCUT2D eigenvalue weighted by Crippen LogP contribution is -2.16. The number of nitrogens with one attached hydrogen (secondary N) is 2. The molecule has 5 aromatic rings. The van der Waals surface area contributed by atoms with Gasteiger partial charge in [0.25, 0.3) is 10.0 Å². The zero-order valence-corrected chi connectivity index (χ0v) is 28.7.